The molecule has 3 aromatic rings. The van der Waals surface area contributed by atoms with Gasteiger partial charge in [0.15, 0.2) is 0 Å². The van der Waals surface area contributed by atoms with Gasteiger partial charge < -0.3 is 9.42 Å². The normalized spacial score (nSPS) is 16.8. The van der Waals surface area contributed by atoms with E-state index in [9.17, 15) is 4.79 Å². The third kappa shape index (κ3) is 3.05. The number of nitrogens with one attached hydrogen (secondary N) is 1. The van der Waals surface area contributed by atoms with Gasteiger partial charge in [0.1, 0.15) is 17.3 Å². The van der Waals surface area contributed by atoms with Crippen molar-refractivity contribution in [3.05, 3.63) is 48.1 Å². The lowest BCUT2D eigenvalue weighted by atomic mass is 10.1. The number of aryl methyl sites for hydroxylation is 2. The van der Waals surface area contributed by atoms with Crippen LogP contribution in [0.25, 0.3) is 11.3 Å². The highest BCUT2D eigenvalue weighted by atomic mass is 16.5. The van der Waals surface area contributed by atoms with Gasteiger partial charge in [-0.25, -0.2) is 4.79 Å². The van der Waals surface area contributed by atoms with Gasteiger partial charge in [0, 0.05) is 43.7 Å². The quantitative estimate of drug-likeness (QED) is 0.782. The fraction of sp³-hybridized carbons (Fsp3) is 0.333. The van der Waals surface area contributed by atoms with Gasteiger partial charge in [0.2, 0.25) is 0 Å². The Hall–Kier alpha value is -3.16. The average Bonchev–Trinajstić information content (AvgIpc) is 3.36. The Kier molecular flexibility index (Phi) is 4.16. The second-order valence-electron chi connectivity index (χ2n) is 6.42. The highest BCUT2D eigenvalue weighted by molar-refractivity contribution is 5.89. The third-order valence-electron chi connectivity index (χ3n) is 4.57. The zero-order valence-corrected chi connectivity index (χ0v) is 14.7. The van der Waals surface area contributed by atoms with E-state index in [2.05, 4.69) is 20.6 Å². The molecule has 0 aromatic carbocycles. The zero-order chi connectivity index (χ0) is 18.1. The fourth-order valence-corrected chi connectivity index (χ4v) is 3.28. The van der Waals surface area contributed by atoms with E-state index in [0.717, 1.165) is 35.6 Å². The Labute approximate surface area is 150 Å². The molecular formula is C18H20N6O2. The van der Waals surface area contributed by atoms with Crippen molar-refractivity contribution in [2.45, 2.75) is 25.8 Å². The second kappa shape index (κ2) is 6.62. The topological polar surface area (TPSA) is 89.1 Å². The minimum absolute atomic E-state index is 0.0570. The summed E-state index contributed by atoms with van der Waals surface area (Å²) in [5, 5.41) is 11.5. The Morgan fingerprint density at radius 2 is 2.27 bits per heavy atom. The molecule has 0 bridgehead atoms. The van der Waals surface area contributed by atoms with Gasteiger partial charge in [-0.2, -0.15) is 5.10 Å². The number of pyridine rings is 1. The Balaban J connectivity index is 1.52. The summed E-state index contributed by atoms with van der Waals surface area (Å²) in [4.78, 5) is 18.7. The van der Waals surface area contributed by atoms with Gasteiger partial charge in [-0.15, -0.1) is 0 Å². The lowest BCUT2D eigenvalue weighted by Gasteiger charge is -2.23. The highest BCUT2D eigenvalue weighted by Gasteiger charge is 2.32. The molecule has 1 aliphatic heterocycles. The van der Waals surface area contributed by atoms with Crippen LogP contribution in [-0.4, -0.2) is 37.4 Å². The van der Waals surface area contributed by atoms with Gasteiger partial charge in [-0.05, 0) is 31.9 Å². The van der Waals surface area contributed by atoms with Crippen molar-refractivity contribution in [3.8, 4) is 11.3 Å². The van der Waals surface area contributed by atoms with Crippen LogP contribution in [0.5, 0.6) is 0 Å². The van der Waals surface area contributed by atoms with Crippen LogP contribution in [0.2, 0.25) is 0 Å². The van der Waals surface area contributed by atoms with Crippen LogP contribution in [0, 0.1) is 6.92 Å². The second-order valence-corrected chi connectivity index (χ2v) is 6.42. The summed E-state index contributed by atoms with van der Waals surface area (Å²) in [7, 11) is 1.80. The van der Waals surface area contributed by atoms with E-state index in [1.807, 2.05) is 31.2 Å². The van der Waals surface area contributed by atoms with Crippen molar-refractivity contribution in [1.29, 1.82) is 0 Å². The predicted octanol–water partition coefficient (Wildman–Crippen LogP) is 3.15. The molecule has 3 aromatic heterocycles. The number of hydrogen-bond donors (Lipinski definition) is 1. The molecule has 0 saturated carbocycles. The van der Waals surface area contributed by atoms with E-state index in [1.54, 1.807) is 29.0 Å². The molecule has 0 radical (unpaired) electrons. The number of rotatable bonds is 3. The number of nitrogens with zero attached hydrogens (tertiary/aromatic N) is 5. The summed E-state index contributed by atoms with van der Waals surface area (Å²) >= 11 is 0. The summed E-state index contributed by atoms with van der Waals surface area (Å²) in [6, 6.07) is 7.31. The Morgan fingerprint density at radius 1 is 1.38 bits per heavy atom. The summed E-state index contributed by atoms with van der Waals surface area (Å²) in [6.07, 6.45) is 5.29. The molecule has 0 spiro atoms. The lowest BCUT2D eigenvalue weighted by molar-refractivity contribution is 0.204. The van der Waals surface area contributed by atoms with E-state index in [4.69, 9.17) is 4.52 Å². The maximum atomic E-state index is 12.8. The van der Waals surface area contributed by atoms with Crippen molar-refractivity contribution in [3.63, 3.8) is 0 Å². The number of hydrogen-bond acceptors (Lipinski definition) is 5. The van der Waals surface area contributed by atoms with Crippen LogP contribution in [0.15, 0.2) is 41.2 Å². The molecule has 1 N–H and O–H groups in total. The predicted molar refractivity (Wildman–Crippen MR) is 95.4 cm³/mol. The van der Waals surface area contributed by atoms with Crippen molar-refractivity contribution in [1.82, 2.24) is 24.8 Å². The first-order chi connectivity index (χ1) is 12.6. The van der Waals surface area contributed by atoms with Crippen LogP contribution >= 0.6 is 0 Å². The minimum atomic E-state index is -0.158. The van der Waals surface area contributed by atoms with E-state index in [-0.39, 0.29) is 12.1 Å². The summed E-state index contributed by atoms with van der Waals surface area (Å²) in [5.41, 5.74) is 2.47. The lowest BCUT2D eigenvalue weighted by Crippen LogP contribution is -2.35. The summed E-state index contributed by atoms with van der Waals surface area (Å²) in [6.45, 7) is 2.54. The molecule has 0 aliphatic carbocycles. The molecular weight excluding hydrogens is 332 g/mol. The molecule has 8 nitrogen and oxygen atoms in total. The largest absolute Gasteiger partial charge is 0.361 e. The minimum Gasteiger partial charge on any atom is -0.361 e. The SMILES string of the molecule is Cc1cc([C@H]2CCCN2C(=O)Nc2cc(-c3cccnc3)nn2C)no1. The molecule has 26 heavy (non-hydrogen) atoms. The summed E-state index contributed by atoms with van der Waals surface area (Å²) in [5.74, 6) is 1.39. The molecule has 4 rings (SSSR count). The molecule has 8 heteroatoms. The number of amides is 2. The molecule has 1 aliphatic rings. The maximum Gasteiger partial charge on any atom is 0.323 e. The molecule has 4 heterocycles. The number of carbonyl (C=O) groups is 1. The van der Waals surface area contributed by atoms with Crippen LogP contribution in [0.4, 0.5) is 10.6 Å². The van der Waals surface area contributed by atoms with E-state index >= 15 is 0 Å². The van der Waals surface area contributed by atoms with E-state index in [0.29, 0.717) is 12.4 Å². The van der Waals surface area contributed by atoms with Crippen LogP contribution < -0.4 is 5.32 Å². The molecule has 1 fully saturated rings. The standard InChI is InChI=1S/C18H20N6O2/c1-12-9-15(22-26-12)16-6-4-8-24(16)18(25)20-17-10-14(21-23(17)2)13-5-3-7-19-11-13/h3,5,7,9-11,16H,4,6,8H2,1-2H3,(H,20,25)/t16-/m1/s1. The molecule has 2 amide bonds. The first-order valence-electron chi connectivity index (χ1n) is 8.57. The van der Waals surface area contributed by atoms with Gasteiger partial charge >= 0.3 is 6.03 Å². The number of urea groups is 1. The first-order valence-corrected chi connectivity index (χ1v) is 8.57. The molecule has 134 valence electrons. The average molecular weight is 352 g/mol. The number of likely N-dealkylation sites (tertiary alicyclic amines) is 1. The number of anilines is 1. The van der Waals surface area contributed by atoms with Crippen LogP contribution in [0.3, 0.4) is 0 Å². The molecule has 1 atom stereocenters. The van der Waals surface area contributed by atoms with Crippen molar-refractivity contribution in [2.75, 3.05) is 11.9 Å². The van der Waals surface area contributed by atoms with Crippen LogP contribution in [0.1, 0.15) is 30.3 Å². The van der Waals surface area contributed by atoms with E-state index in [1.165, 1.54) is 0 Å². The number of aromatic nitrogens is 4. The highest BCUT2D eigenvalue weighted by Crippen LogP contribution is 2.32. The summed E-state index contributed by atoms with van der Waals surface area (Å²) < 4.78 is 6.82. The van der Waals surface area contributed by atoms with Crippen molar-refractivity contribution in [2.24, 2.45) is 7.05 Å². The Bertz CT molecular complexity index is 917. The third-order valence-corrected chi connectivity index (χ3v) is 4.57. The van der Waals surface area contributed by atoms with Gasteiger partial charge in [0.05, 0.1) is 11.7 Å². The zero-order valence-electron chi connectivity index (χ0n) is 14.7. The van der Waals surface area contributed by atoms with Gasteiger partial charge in [-0.3, -0.25) is 15.0 Å². The van der Waals surface area contributed by atoms with Gasteiger partial charge in [0.25, 0.3) is 0 Å². The monoisotopic (exact) mass is 352 g/mol. The first kappa shape index (κ1) is 16.3. The Morgan fingerprint density at radius 3 is 3.00 bits per heavy atom. The van der Waals surface area contributed by atoms with Crippen molar-refractivity contribution >= 4 is 11.8 Å². The molecule has 1 saturated heterocycles. The van der Waals surface area contributed by atoms with E-state index < -0.39 is 0 Å². The molecule has 0 unspecified atom stereocenters. The maximum absolute atomic E-state index is 12.8. The van der Waals surface area contributed by atoms with Crippen LogP contribution in [-0.2, 0) is 7.05 Å². The fourth-order valence-electron chi connectivity index (χ4n) is 3.28. The number of carbonyl (C=O) groups excluding carboxylic acids is 1. The smallest absolute Gasteiger partial charge is 0.323 e. The van der Waals surface area contributed by atoms with Crippen molar-refractivity contribution < 1.29 is 9.32 Å². The van der Waals surface area contributed by atoms with Gasteiger partial charge in [-0.1, -0.05) is 5.16 Å².